The largest absolute Gasteiger partial charge is 0.320 e. The Labute approximate surface area is 99.2 Å². The standard InChI is InChI=1S/C13H25N3/c1-10-12(8-7-9-14-6)11(2)16(15-10)13(3,4)5/h14H,7-9H2,1-6H3. The zero-order chi connectivity index (χ0) is 12.3. The topological polar surface area (TPSA) is 29.9 Å². The van der Waals surface area contributed by atoms with E-state index in [-0.39, 0.29) is 5.54 Å². The lowest BCUT2D eigenvalue weighted by molar-refractivity contribution is 0.346. The molecule has 0 spiro atoms. The Balaban J connectivity index is 2.90. The summed E-state index contributed by atoms with van der Waals surface area (Å²) in [5.41, 5.74) is 4.01. The van der Waals surface area contributed by atoms with Crippen molar-refractivity contribution in [2.75, 3.05) is 13.6 Å². The molecule has 0 unspecified atom stereocenters. The third kappa shape index (κ3) is 2.85. The maximum atomic E-state index is 4.66. The van der Waals surface area contributed by atoms with E-state index in [0.717, 1.165) is 13.0 Å². The monoisotopic (exact) mass is 223 g/mol. The second-order valence-corrected chi connectivity index (χ2v) is 5.44. The molecule has 0 aliphatic carbocycles. The fraction of sp³-hybridized carbons (Fsp3) is 0.769. The van der Waals surface area contributed by atoms with Gasteiger partial charge in [0.15, 0.2) is 0 Å². The van der Waals surface area contributed by atoms with Gasteiger partial charge in [-0.1, -0.05) is 0 Å². The van der Waals surface area contributed by atoms with E-state index in [4.69, 9.17) is 0 Å². The van der Waals surface area contributed by atoms with Crippen LogP contribution >= 0.6 is 0 Å². The number of hydrogen-bond donors (Lipinski definition) is 1. The van der Waals surface area contributed by atoms with E-state index in [9.17, 15) is 0 Å². The molecule has 0 fully saturated rings. The molecule has 1 rings (SSSR count). The lowest BCUT2D eigenvalue weighted by Crippen LogP contribution is -2.24. The summed E-state index contributed by atoms with van der Waals surface area (Å²) in [6, 6.07) is 0. The highest BCUT2D eigenvalue weighted by atomic mass is 15.3. The van der Waals surface area contributed by atoms with Crippen LogP contribution in [0.2, 0.25) is 0 Å². The SMILES string of the molecule is CNCCCc1c(C)nn(C(C)(C)C)c1C. The van der Waals surface area contributed by atoms with Gasteiger partial charge in [-0.15, -0.1) is 0 Å². The van der Waals surface area contributed by atoms with Crippen LogP contribution < -0.4 is 5.32 Å². The average molecular weight is 223 g/mol. The Kier molecular flexibility index (Phi) is 4.14. The Morgan fingerprint density at radius 2 is 1.88 bits per heavy atom. The Bertz CT molecular complexity index is 345. The molecule has 0 bridgehead atoms. The summed E-state index contributed by atoms with van der Waals surface area (Å²) in [6.45, 7) is 12.0. The molecule has 0 amide bonds. The van der Waals surface area contributed by atoms with Gasteiger partial charge >= 0.3 is 0 Å². The molecule has 0 saturated carbocycles. The van der Waals surface area contributed by atoms with Crippen LogP contribution in [0.4, 0.5) is 0 Å². The van der Waals surface area contributed by atoms with Crippen molar-refractivity contribution in [3.8, 4) is 0 Å². The summed E-state index contributed by atoms with van der Waals surface area (Å²) in [5.74, 6) is 0. The predicted octanol–water partition coefficient (Wildman–Crippen LogP) is 2.41. The van der Waals surface area contributed by atoms with E-state index in [1.54, 1.807) is 0 Å². The van der Waals surface area contributed by atoms with Gasteiger partial charge in [0.2, 0.25) is 0 Å². The van der Waals surface area contributed by atoms with Crippen LogP contribution in [0.1, 0.15) is 44.1 Å². The number of nitrogens with zero attached hydrogens (tertiary/aromatic N) is 2. The first-order valence-corrected chi connectivity index (χ1v) is 6.08. The van der Waals surface area contributed by atoms with Crippen LogP contribution in [-0.2, 0) is 12.0 Å². The van der Waals surface area contributed by atoms with Crippen molar-refractivity contribution in [3.63, 3.8) is 0 Å². The molecule has 0 aliphatic rings. The molecule has 0 saturated heterocycles. The summed E-state index contributed by atoms with van der Waals surface area (Å²) in [5, 5.41) is 7.84. The predicted molar refractivity (Wildman–Crippen MR) is 68.9 cm³/mol. The van der Waals surface area contributed by atoms with Crippen molar-refractivity contribution < 1.29 is 0 Å². The van der Waals surface area contributed by atoms with Crippen molar-refractivity contribution in [2.45, 2.75) is 53.0 Å². The highest BCUT2D eigenvalue weighted by Gasteiger charge is 2.20. The maximum absolute atomic E-state index is 4.66. The summed E-state index contributed by atoms with van der Waals surface area (Å²) in [4.78, 5) is 0. The molecule has 0 aromatic carbocycles. The summed E-state index contributed by atoms with van der Waals surface area (Å²) in [6.07, 6.45) is 2.29. The average Bonchev–Trinajstić information content (AvgIpc) is 2.44. The Morgan fingerprint density at radius 1 is 1.25 bits per heavy atom. The first-order valence-electron chi connectivity index (χ1n) is 6.08. The lowest BCUT2D eigenvalue weighted by atomic mass is 10.1. The van der Waals surface area contributed by atoms with Crippen LogP contribution in [0.25, 0.3) is 0 Å². The first kappa shape index (κ1) is 13.2. The van der Waals surface area contributed by atoms with Crippen LogP contribution in [-0.4, -0.2) is 23.4 Å². The van der Waals surface area contributed by atoms with Crippen molar-refractivity contribution in [3.05, 3.63) is 17.0 Å². The second-order valence-electron chi connectivity index (χ2n) is 5.44. The molecule has 92 valence electrons. The fourth-order valence-electron chi connectivity index (χ4n) is 2.13. The first-order chi connectivity index (χ1) is 7.38. The van der Waals surface area contributed by atoms with Crippen LogP contribution in [0.3, 0.4) is 0 Å². The second kappa shape index (κ2) is 5.00. The van der Waals surface area contributed by atoms with Gasteiger partial charge < -0.3 is 5.32 Å². The zero-order valence-corrected chi connectivity index (χ0v) is 11.5. The number of aromatic nitrogens is 2. The van der Waals surface area contributed by atoms with Gasteiger partial charge in [-0.05, 0) is 66.6 Å². The molecule has 1 aromatic heterocycles. The van der Waals surface area contributed by atoms with Gasteiger partial charge in [-0.3, -0.25) is 4.68 Å². The van der Waals surface area contributed by atoms with Crippen molar-refractivity contribution in [1.29, 1.82) is 0 Å². The summed E-state index contributed by atoms with van der Waals surface area (Å²) < 4.78 is 2.15. The quantitative estimate of drug-likeness (QED) is 0.794. The van der Waals surface area contributed by atoms with Gasteiger partial charge in [-0.2, -0.15) is 5.10 Å². The third-order valence-electron chi connectivity index (χ3n) is 2.93. The number of hydrogen-bond acceptors (Lipinski definition) is 2. The molecule has 3 heteroatoms. The van der Waals surface area contributed by atoms with Gasteiger partial charge in [0.05, 0.1) is 11.2 Å². The number of aryl methyl sites for hydroxylation is 1. The van der Waals surface area contributed by atoms with Crippen LogP contribution in [0.15, 0.2) is 0 Å². The van der Waals surface area contributed by atoms with Gasteiger partial charge in [0, 0.05) is 5.69 Å². The Morgan fingerprint density at radius 3 is 2.31 bits per heavy atom. The molecule has 1 N–H and O–H groups in total. The molecule has 3 nitrogen and oxygen atoms in total. The molecular weight excluding hydrogens is 198 g/mol. The third-order valence-corrected chi connectivity index (χ3v) is 2.93. The minimum Gasteiger partial charge on any atom is -0.320 e. The molecule has 1 aromatic rings. The molecule has 0 aliphatic heterocycles. The fourth-order valence-corrected chi connectivity index (χ4v) is 2.13. The normalized spacial score (nSPS) is 12.1. The number of rotatable bonds is 4. The summed E-state index contributed by atoms with van der Waals surface area (Å²) in [7, 11) is 2.00. The smallest absolute Gasteiger partial charge is 0.0628 e. The van der Waals surface area contributed by atoms with Gasteiger partial charge in [0.25, 0.3) is 0 Å². The van der Waals surface area contributed by atoms with E-state index in [1.165, 1.54) is 23.4 Å². The lowest BCUT2D eigenvalue weighted by Gasteiger charge is -2.21. The van der Waals surface area contributed by atoms with Crippen molar-refractivity contribution >= 4 is 0 Å². The van der Waals surface area contributed by atoms with E-state index in [2.05, 4.69) is 49.7 Å². The van der Waals surface area contributed by atoms with E-state index in [0.29, 0.717) is 0 Å². The van der Waals surface area contributed by atoms with E-state index < -0.39 is 0 Å². The minimum absolute atomic E-state index is 0.0795. The van der Waals surface area contributed by atoms with Gasteiger partial charge in [0.1, 0.15) is 0 Å². The zero-order valence-electron chi connectivity index (χ0n) is 11.5. The molecular formula is C13H25N3. The summed E-state index contributed by atoms with van der Waals surface area (Å²) >= 11 is 0. The highest BCUT2D eigenvalue weighted by Crippen LogP contribution is 2.22. The van der Waals surface area contributed by atoms with Crippen LogP contribution in [0, 0.1) is 13.8 Å². The molecule has 1 heterocycles. The Hall–Kier alpha value is -0.830. The highest BCUT2D eigenvalue weighted by molar-refractivity contribution is 5.25. The minimum atomic E-state index is 0.0795. The van der Waals surface area contributed by atoms with Gasteiger partial charge in [-0.25, -0.2) is 0 Å². The molecule has 0 radical (unpaired) electrons. The van der Waals surface area contributed by atoms with E-state index in [1.807, 2.05) is 7.05 Å². The van der Waals surface area contributed by atoms with Crippen LogP contribution in [0.5, 0.6) is 0 Å². The number of nitrogens with one attached hydrogen (secondary N) is 1. The van der Waals surface area contributed by atoms with Crippen molar-refractivity contribution in [1.82, 2.24) is 15.1 Å². The molecule has 0 atom stereocenters. The van der Waals surface area contributed by atoms with E-state index >= 15 is 0 Å². The maximum Gasteiger partial charge on any atom is 0.0628 e. The molecule has 16 heavy (non-hydrogen) atoms. The van der Waals surface area contributed by atoms with Crippen molar-refractivity contribution in [2.24, 2.45) is 0 Å².